The van der Waals surface area contributed by atoms with E-state index in [0.717, 1.165) is 0 Å². The summed E-state index contributed by atoms with van der Waals surface area (Å²) in [6, 6.07) is 0. The van der Waals surface area contributed by atoms with Crippen LogP contribution in [0.2, 0.25) is 0 Å². The molecule has 0 bridgehead atoms. The van der Waals surface area contributed by atoms with Gasteiger partial charge >= 0.3 is 5.97 Å². The normalized spacial score (nSPS) is 20.2. The summed E-state index contributed by atoms with van der Waals surface area (Å²) < 4.78 is 16.2. The van der Waals surface area contributed by atoms with Gasteiger partial charge in [-0.2, -0.15) is 0 Å². The summed E-state index contributed by atoms with van der Waals surface area (Å²) in [5.74, 6) is -0.449. The predicted molar refractivity (Wildman–Crippen MR) is 78.6 cm³/mol. The second kappa shape index (κ2) is 8.10. The van der Waals surface area contributed by atoms with Gasteiger partial charge in [-0.3, -0.25) is 4.79 Å². The lowest BCUT2D eigenvalue weighted by Gasteiger charge is -2.34. The number of rotatable bonds is 6. The van der Waals surface area contributed by atoms with Crippen LogP contribution < -0.4 is 0 Å². The van der Waals surface area contributed by atoms with Gasteiger partial charge in [0.05, 0.1) is 25.4 Å². The Kier molecular flexibility index (Phi) is 6.78. The van der Waals surface area contributed by atoms with Crippen molar-refractivity contribution in [2.75, 3.05) is 19.8 Å². The number of ether oxygens (including phenoxy) is 3. The number of esters is 1. The van der Waals surface area contributed by atoms with E-state index in [-0.39, 0.29) is 18.3 Å². The first-order chi connectivity index (χ1) is 9.88. The Morgan fingerprint density at radius 2 is 1.95 bits per heavy atom. The van der Waals surface area contributed by atoms with Crippen LogP contribution in [0.15, 0.2) is 23.3 Å². The first-order valence-electron chi connectivity index (χ1n) is 7.12. The van der Waals surface area contributed by atoms with E-state index in [0.29, 0.717) is 37.1 Å². The number of hydrogen-bond donors (Lipinski definition) is 0. The Hall–Kier alpha value is -1.46. The van der Waals surface area contributed by atoms with Crippen LogP contribution in [0, 0.1) is 5.41 Å². The first kappa shape index (κ1) is 17.6. The van der Waals surface area contributed by atoms with Gasteiger partial charge in [0, 0.05) is 11.8 Å². The topological polar surface area (TPSA) is 61.8 Å². The highest BCUT2D eigenvalue weighted by Crippen LogP contribution is 2.24. The molecule has 0 saturated carbocycles. The van der Waals surface area contributed by atoms with Gasteiger partial charge < -0.3 is 14.2 Å². The van der Waals surface area contributed by atoms with Gasteiger partial charge in [0.1, 0.15) is 6.29 Å². The van der Waals surface area contributed by atoms with Crippen molar-refractivity contribution in [3.63, 3.8) is 0 Å². The maximum Gasteiger partial charge on any atom is 0.337 e. The average Bonchev–Trinajstić information content (AvgIpc) is 2.44. The number of allylic oxidation sites excluding steroid dienone is 1. The fourth-order valence-electron chi connectivity index (χ4n) is 1.78. The monoisotopic (exact) mass is 296 g/mol. The highest BCUT2D eigenvalue weighted by molar-refractivity contribution is 5.93. The van der Waals surface area contributed by atoms with E-state index in [1.54, 1.807) is 19.9 Å². The molecule has 5 nitrogen and oxygen atoms in total. The molecule has 21 heavy (non-hydrogen) atoms. The molecular weight excluding hydrogens is 272 g/mol. The quantitative estimate of drug-likeness (QED) is 0.326. The van der Waals surface area contributed by atoms with Crippen molar-refractivity contribution in [2.24, 2.45) is 5.41 Å². The molecule has 0 aromatic heterocycles. The summed E-state index contributed by atoms with van der Waals surface area (Å²) in [5, 5.41) is 0. The van der Waals surface area contributed by atoms with Crippen LogP contribution in [-0.4, -0.2) is 38.4 Å². The zero-order valence-corrected chi connectivity index (χ0v) is 13.2. The van der Waals surface area contributed by atoms with E-state index in [9.17, 15) is 9.59 Å². The molecule has 1 fully saturated rings. The maximum atomic E-state index is 11.8. The van der Waals surface area contributed by atoms with Gasteiger partial charge in [-0.05, 0) is 25.5 Å². The lowest BCUT2D eigenvalue weighted by atomic mass is 9.95. The Morgan fingerprint density at radius 1 is 1.33 bits per heavy atom. The summed E-state index contributed by atoms with van der Waals surface area (Å²) in [6.07, 6.45) is 3.97. The van der Waals surface area contributed by atoms with Crippen LogP contribution in [0.25, 0.3) is 0 Å². The molecule has 1 rings (SSSR count). The van der Waals surface area contributed by atoms with Crippen LogP contribution in [0.3, 0.4) is 0 Å². The van der Waals surface area contributed by atoms with E-state index in [2.05, 4.69) is 13.8 Å². The molecule has 0 N–H and O–H groups in total. The lowest BCUT2D eigenvalue weighted by Crippen LogP contribution is -2.37. The minimum atomic E-state index is -0.449. The minimum Gasteiger partial charge on any atom is -0.462 e. The maximum absolute atomic E-state index is 11.8. The van der Waals surface area contributed by atoms with Crippen molar-refractivity contribution in [3.05, 3.63) is 23.3 Å². The smallest absolute Gasteiger partial charge is 0.337 e. The molecule has 0 aliphatic carbocycles. The molecular formula is C16H24O5. The van der Waals surface area contributed by atoms with Gasteiger partial charge in [0.15, 0.2) is 6.29 Å². The average molecular weight is 296 g/mol. The highest BCUT2D eigenvalue weighted by atomic mass is 16.7. The van der Waals surface area contributed by atoms with Crippen molar-refractivity contribution in [1.82, 2.24) is 0 Å². The van der Waals surface area contributed by atoms with E-state index < -0.39 is 5.97 Å². The number of carbonyl (C=O) groups excluding carboxylic acids is 2. The molecule has 1 aliphatic heterocycles. The molecule has 118 valence electrons. The van der Waals surface area contributed by atoms with Crippen LogP contribution in [0.1, 0.15) is 34.1 Å². The SMILES string of the molecule is CCOC(=O)C(/C=C(\C)C=O)=C/CC1OCC(C)(C)CO1. The van der Waals surface area contributed by atoms with E-state index in [1.165, 1.54) is 6.08 Å². The fourth-order valence-corrected chi connectivity index (χ4v) is 1.78. The molecule has 0 aromatic rings. The van der Waals surface area contributed by atoms with Crippen LogP contribution in [0.4, 0.5) is 0 Å². The number of aldehydes is 1. The van der Waals surface area contributed by atoms with Gasteiger partial charge in [0.25, 0.3) is 0 Å². The molecule has 0 atom stereocenters. The summed E-state index contributed by atoms with van der Waals surface area (Å²) >= 11 is 0. The summed E-state index contributed by atoms with van der Waals surface area (Å²) in [7, 11) is 0. The summed E-state index contributed by atoms with van der Waals surface area (Å²) in [5.41, 5.74) is 0.817. The Bertz CT molecular complexity index is 424. The Balaban J connectivity index is 2.70. The molecule has 0 amide bonds. The zero-order valence-electron chi connectivity index (χ0n) is 13.2. The van der Waals surface area contributed by atoms with Crippen molar-refractivity contribution in [1.29, 1.82) is 0 Å². The molecule has 0 radical (unpaired) electrons. The minimum absolute atomic E-state index is 0.0121. The van der Waals surface area contributed by atoms with Crippen LogP contribution in [0.5, 0.6) is 0 Å². The number of carbonyl (C=O) groups is 2. The van der Waals surface area contributed by atoms with Crippen molar-refractivity contribution < 1.29 is 23.8 Å². The summed E-state index contributed by atoms with van der Waals surface area (Å²) in [4.78, 5) is 22.5. The molecule has 0 aromatic carbocycles. The zero-order chi connectivity index (χ0) is 15.9. The third-order valence-corrected chi connectivity index (χ3v) is 2.93. The summed E-state index contributed by atoms with van der Waals surface area (Å²) in [6.45, 7) is 9.03. The first-order valence-corrected chi connectivity index (χ1v) is 7.12. The van der Waals surface area contributed by atoms with Gasteiger partial charge in [-0.15, -0.1) is 0 Å². The molecule has 1 saturated heterocycles. The van der Waals surface area contributed by atoms with Gasteiger partial charge in [0.2, 0.25) is 0 Å². The third-order valence-electron chi connectivity index (χ3n) is 2.93. The largest absolute Gasteiger partial charge is 0.462 e. The molecule has 0 unspecified atom stereocenters. The molecule has 0 spiro atoms. The van der Waals surface area contributed by atoms with Crippen LogP contribution >= 0.6 is 0 Å². The van der Waals surface area contributed by atoms with Crippen molar-refractivity contribution in [2.45, 2.75) is 40.4 Å². The lowest BCUT2D eigenvalue weighted by molar-refractivity contribution is -0.219. The third kappa shape index (κ3) is 6.23. The highest BCUT2D eigenvalue weighted by Gasteiger charge is 2.27. The molecule has 1 aliphatic rings. The second-order valence-electron chi connectivity index (χ2n) is 5.84. The van der Waals surface area contributed by atoms with Crippen molar-refractivity contribution in [3.8, 4) is 0 Å². The number of hydrogen-bond acceptors (Lipinski definition) is 5. The Labute approximate surface area is 125 Å². The van der Waals surface area contributed by atoms with Gasteiger partial charge in [-0.1, -0.05) is 19.9 Å². The van der Waals surface area contributed by atoms with E-state index >= 15 is 0 Å². The van der Waals surface area contributed by atoms with E-state index in [4.69, 9.17) is 14.2 Å². The van der Waals surface area contributed by atoms with Crippen LogP contribution in [-0.2, 0) is 23.8 Å². The van der Waals surface area contributed by atoms with Crippen molar-refractivity contribution >= 4 is 12.3 Å². The fraction of sp³-hybridized carbons (Fsp3) is 0.625. The molecule has 5 heteroatoms. The standard InChI is InChI=1S/C16H24O5/c1-5-19-15(18)13(8-12(2)9-17)6-7-14-20-10-16(3,4)11-21-14/h6,8-9,14H,5,7,10-11H2,1-4H3/b12-8+,13-6+. The van der Waals surface area contributed by atoms with E-state index in [1.807, 2.05) is 0 Å². The van der Waals surface area contributed by atoms with Gasteiger partial charge in [-0.25, -0.2) is 4.79 Å². The second-order valence-corrected chi connectivity index (χ2v) is 5.84. The molecule has 1 heterocycles. The predicted octanol–water partition coefficient (Wildman–Crippen LogP) is 2.41. The Morgan fingerprint density at radius 3 is 2.48 bits per heavy atom.